The maximum absolute atomic E-state index is 12.0. The third kappa shape index (κ3) is 2.82. The lowest BCUT2D eigenvalue weighted by Crippen LogP contribution is -2.41. The highest BCUT2D eigenvalue weighted by atomic mass is 32.2. The van der Waals surface area contributed by atoms with E-state index in [9.17, 15) is 4.79 Å². The summed E-state index contributed by atoms with van der Waals surface area (Å²) in [6, 6.07) is 7.99. The Morgan fingerprint density at radius 3 is 3.18 bits per heavy atom. The number of para-hydroxylation sites is 1. The van der Waals surface area contributed by atoms with E-state index in [-0.39, 0.29) is 5.91 Å². The Labute approximate surface area is 106 Å². The number of nitrogens with one attached hydrogen (secondary N) is 1. The Kier molecular flexibility index (Phi) is 4.08. The van der Waals surface area contributed by atoms with Crippen molar-refractivity contribution in [3.63, 3.8) is 0 Å². The van der Waals surface area contributed by atoms with Crippen molar-refractivity contribution in [1.82, 2.24) is 5.32 Å². The number of terminal acetylenes is 1. The zero-order valence-electron chi connectivity index (χ0n) is 9.48. The molecule has 0 atom stereocenters. The number of benzene rings is 1. The zero-order valence-corrected chi connectivity index (χ0v) is 10.3. The van der Waals surface area contributed by atoms with Crippen LogP contribution in [0.4, 0.5) is 5.69 Å². The molecule has 0 fully saturated rings. The summed E-state index contributed by atoms with van der Waals surface area (Å²) in [5, 5.41) is 2.93. The standard InChI is InChI=1S/C13H14N2OS/c1-2-7-14-10-13(16)15-8-9-17-12-6-4-3-5-11(12)15/h1,3-6,14H,7-10H2. The first-order valence-corrected chi connectivity index (χ1v) is 6.48. The summed E-state index contributed by atoms with van der Waals surface area (Å²) in [6.45, 7) is 1.48. The van der Waals surface area contributed by atoms with Gasteiger partial charge < -0.3 is 4.90 Å². The number of carbonyl (C=O) groups excluding carboxylic acids is 1. The normalized spacial score (nSPS) is 13.9. The average Bonchev–Trinajstić information content (AvgIpc) is 2.38. The third-order valence-corrected chi connectivity index (χ3v) is 3.58. The maximum Gasteiger partial charge on any atom is 0.241 e. The molecule has 1 N–H and O–H groups in total. The molecular weight excluding hydrogens is 232 g/mol. The fourth-order valence-electron chi connectivity index (χ4n) is 1.77. The van der Waals surface area contributed by atoms with Crippen LogP contribution in [0.25, 0.3) is 0 Å². The molecule has 1 aliphatic heterocycles. The van der Waals surface area contributed by atoms with Crippen molar-refractivity contribution in [1.29, 1.82) is 0 Å². The van der Waals surface area contributed by atoms with E-state index in [1.165, 1.54) is 4.90 Å². The smallest absolute Gasteiger partial charge is 0.241 e. The highest BCUT2D eigenvalue weighted by molar-refractivity contribution is 7.99. The predicted octanol–water partition coefficient (Wildman–Crippen LogP) is 1.35. The quantitative estimate of drug-likeness (QED) is 0.645. The Morgan fingerprint density at radius 2 is 2.35 bits per heavy atom. The van der Waals surface area contributed by atoms with Crippen LogP contribution in [0, 0.1) is 12.3 Å². The molecule has 0 aliphatic carbocycles. The van der Waals surface area contributed by atoms with Crippen molar-refractivity contribution in [3.8, 4) is 12.3 Å². The van der Waals surface area contributed by atoms with Crippen LogP contribution < -0.4 is 10.2 Å². The second-order valence-corrected chi connectivity index (χ2v) is 4.81. The molecule has 0 radical (unpaired) electrons. The van der Waals surface area contributed by atoms with Crippen molar-refractivity contribution in [2.24, 2.45) is 0 Å². The minimum Gasteiger partial charge on any atom is -0.309 e. The molecule has 4 heteroatoms. The Bertz CT molecular complexity index is 453. The molecule has 1 aliphatic rings. The lowest BCUT2D eigenvalue weighted by molar-refractivity contribution is -0.117. The summed E-state index contributed by atoms with van der Waals surface area (Å²) in [7, 11) is 0. The van der Waals surface area contributed by atoms with E-state index in [1.807, 2.05) is 29.2 Å². The molecular formula is C13H14N2OS. The number of hydrogen-bond acceptors (Lipinski definition) is 3. The lowest BCUT2D eigenvalue weighted by atomic mass is 10.2. The summed E-state index contributed by atoms with van der Waals surface area (Å²) < 4.78 is 0. The van der Waals surface area contributed by atoms with Crippen LogP contribution in [0.5, 0.6) is 0 Å². The minimum atomic E-state index is 0.0769. The molecule has 0 aromatic heterocycles. The van der Waals surface area contributed by atoms with E-state index in [0.717, 1.165) is 18.0 Å². The van der Waals surface area contributed by atoms with Crippen LogP contribution in [0.1, 0.15) is 0 Å². The minimum absolute atomic E-state index is 0.0769. The van der Waals surface area contributed by atoms with Crippen LogP contribution in [-0.2, 0) is 4.79 Å². The molecule has 1 aromatic rings. The highest BCUT2D eigenvalue weighted by Crippen LogP contribution is 2.34. The van der Waals surface area contributed by atoms with Crippen molar-refractivity contribution in [2.45, 2.75) is 4.90 Å². The van der Waals surface area contributed by atoms with Crippen LogP contribution in [0.2, 0.25) is 0 Å². The van der Waals surface area contributed by atoms with Crippen molar-refractivity contribution in [2.75, 3.05) is 30.3 Å². The second kappa shape index (κ2) is 5.76. The number of anilines is 1. The number of fused-ring (bicyclic) bond motifs is 1. The van der Waals surface area contributed by atoms with Crippen molar-refractivity contribution in [3.05, 3.63) is 24.3 Å². The summed E-state index contributed by atoms with van der Waals surface area (Å²) >= 11 is 1.79. The Hall–Kier alpha value is -1.44. The van der Waals surface area contributed by atoms with Gasteiger partial charge in [0.1, 0.15) is 0 Å². The maximum atomic E-state index is 12.0. The van der Waals surface area contributed by atoms with E-state index in [1.54, 1.807) is 11.8 Å². The van der Waals surface area contributed by atoms with E-state index in [2.05, 4.69) is 11.2 Å². The lowest BCUT2D eigenvalue weighted by Gasteiger charge is -2.29. The summed E-state index contributed by atoms with van der Waals surface area (Å²) in [4.78, 5) is 15.0. The van der Waals surface area contributed by atoms with Crippen LogP contribution >= 0.6 is 11.8 Å². The number of nitrogens with zero attached hydrogens (tertiary/aromatic N) is 1. The Balaban J connectivity index is 2.08. The predicted molar refractivity (Wildman–Crippen MR) is 71.2 cm³/mol. The van der Waals surface area contributed by atoms with Crippen LogP contribution in [0.15, 0.2) is 29.2 Å². The van der Waals surface area contributed by atoms with Gasteiger partial charge in [0.05, 0.1) is 18.8 Å². The molecule has 1 aromatic carbocycles. The molecule has 1 heterocycles. The SMILES string of the molecule is C#CCNCC(=O)N1CCSc2ccccc21. The topological polar surface area (TPSA) is 32.3 Å². The summed E-state index contributed by atoms with van der Waals surface area (Å²) in [5.41, 5.74) is 1.01. The van der Waals surface area contributed by atoms with Gasteiger partial charge in [-0.05, 0) is 12.1 Å². The van der Waals surface area contributed by atoms with Crippen molar-refractivity contribution < 1.29 is 4.79 Å². The molecule has 0 saturated carbocycles. The fraction of sp³-hybridized carbons (Fsp3) is 0.308. The van der Waals surface area contributed by atoms with Crippen LogP contribution in [0.3, 0.4) is 0 Å². The van der Waals surface area contributed by atoms with Gasteiger partial charge in [0.15, 0.2) is 0 Å². The first-order valence-electron chi connectivity index (χ1n) is 5.49. The van der Waals surface area contributed by atoms with Gasteiger partial charge >= 0.3 is 0 Å². The number of amides is 1. The van der Waals surface area contributed by atoms with E-state index < -0.39 is 0 Å². The average molecular weight is 246 g/mol. The molecule has 0 unspecified atom stereocenters. The fourth-order valence-corrected chi connectivity index (χ4v) is 2.76. The molecule has 88 valence electrons. The first kappa shape index (κ1) is 12.0. The van der Waals surface area contributed by atoms with E-state index in [0.29, 0.717) is 13.1 Å². The van der Waals surface area contributed by atoms with Gasteiger partial charge in [0, 0.05) is 17.2 Å². The second-order valence-electron chi connectivity index (χ2n) is 3.67. The van der Waals surface area contributed by atoms with Crippen LogP contribution in [-0.4, -0.2) is 31.3 Å². The number of carbonyl (C=O) groups is 1. The van der Waals surface area contributed by atoms with Gasteiger partial charge in [-0.25, -0.2) is 0 Å². The number of rotatable bonds is 3. The van der Waals surface area contributed by atoms with Gasteiger partial charge in [-0.1, -0.05) is 18.1 Å². The van der Waals surface area contributed by atoms with Crippen molar-refractivity contribution >= 4 is 23.4 Å². The molecule has 2 rings (SSSR count). The molecule has 17 heavy (non-hydrogen) atoms. The van der Waals surface area contributed by atoms with Gasteiger partial charge in [-0.3, -0.25) is 10.1 Å². The third-order valence-electron chi connectivity index (χ3n) is 2.53. The van der Waals surface area contributed by atoms with Gasteiger partial charge in [-0.2, -0.15) is 0 Å². The molecule has 0 saturated heterocycles. The van der Waals surface area contributed by atoms with E-state index in [4.69, 9.17) is 6.42 Å². The molecule has 0 bridgehead atoms. The largest absolute Gasteiger partial charge is 0.309 e. The van der Waals surface area contributed by atoms with E-state index >= 15 is 0 Å². The zero-order chi connectivity index (χ0) is 12.1. The Morgan fingerprint density at radius 1 is 1.53 bits per heavy atom. The van der Waals surface area contributed by atoms with Gasteiger partial charge in [-0.15, -0.1) is 18.2 Å². The van der Waals surface area contributed by atoms with Gasteiger partial charge in [0.25, 0.3) is 0 Å². The molecule has 0 spiro atoms. The highest BCUT2D eigenvalue weighted by Gasteiger charge is 2.21. The first-order chi connectivity index (χ1) is 8.33. The number of thioether (sulfide) groups is 1. The molecule has 1 amide bonds. The summed E-state index contributed by atoms with van der Waals surface area (Å²) in [5.74, 6) is 3.48. The summed E-state index contributed by atoms with van der Waals surface area (Å²) in [6.07, 6.45) is 5.13. The molecule has 3 nitrogen and oxygen atoms in total. The number of hydrogen-bond donors (Lipinski definition) is 1. The van der Waals surface area contributed by atoms with Gasteiger partial charge in [0.2, 0.25) is 5.91 Å². The monoisotopic (exact) mass is 246 g/mol.